The van der Waals surface area contributed by atoms with Gasteiger partial charge in [0.2, 0.25) is 0 Å². The first-order valence-corrected chi connectivity index (χ1v) is 5.50. The molecule has 2 aromatic rings. The standard InChI is InChI=1S/C14H12F3N/c1-9-3-2-4-13(14(9)17)18-8-10-5-11(15)7-12(16)6-10/h2-7,18H,8H2,1H3. The van der Waals surface area contributed by atoms with Crippen LogP contribution in [-0.2, 0) is 6.54 Å². The average molecular weight is 251 g/mol. The summed E-state index contributed by atoms with van der Waals surface area (Å²) in [6.45, 7) is 1.82. The normalized spacial score (nSPS) is 10.4. The molecule has 0 unspecified atom stereocenters. The molecule has 0 fully saturated rings. The number of nitrogens with one attached hydrogen (secondary N) is 1. The van der Waals surface area contributed by atoms with Crippen molar-refractivity contribution in [1.29, 1.82) is 0 Å². The van der Waals surface area contributed by atoms with Crippen LogP contribution in [0.25, 0.3) is 0 Å². The molecule has 18 heavy (non-hydrogen) atoms. The molecule has 0 saturated heterocycles. The minimum Gasteiger partial charge on any atom is -0.379 e. The van der Waals surface area contributed by atoms with E-state index in [1.165, 1.54) is 12.1 Å². The van der Waals surface area contributed by atoms with Crippen LogP contribution in [0.3, 0.4) is 0 Å². The van der Waals surface area contributed by atoms with Gasteiger partial charge < -0.3 is 5.32 Å². The van der Waals surface area contributed by atoms with E-state index in [4.69, 9.17) is 0 Å². The van der Waals surface area contributed by atoms with Gasteiger partial charge >= 0.3 is 0 Å². The topological polar surface area (TPSA) is 12.0 Å². The van der Waals surface area contributed by atoms with Gasteiger partial charge in [-0.05, 0) is 36.2 Å². The minimum atomic E-state index is -0.642. The molecule has 0 heterocycles. The Balaban J connectivity index is 2.14. The van der Waals surface area contributed by atoms with Gasteiger partial charge in [-0.1, -0.05) is 12.1 Å². The van der Waals surface area contributed by atoms with Gasteiger partial charge in [0.05, 0.1) is 5.69 Å². The van der Waals surface area contributed by atoms with E-state index in [1.54, 1.807) is 25.1 Å². The fraction of sp³-hybridized carbons (Fsp3) is 0.143. The number of rotatable bonds is 3. The van der Waals surface area contributed by atoms with E-state index in [1.807, 2.05) is 0 Å². The molecule has 0 spiro atoms. The molecule has 0 saturated carbocycles. The maximum Gasteiger partial charge on any atom is 0.149 e. The largest absolute Gasteiger partial charge is 0.379 e. The summed E-state index contributed by atoms with van der Waals surface area (Å²) in [5.74, 6) is -1.64. The summed E-state index contributed by atoms with van der Waals surface area (Å²) in [5.41, 5.74) is 1.26. The Hall–Kier alpha value is -1.97. The Bertz CT molecular complexity index is 547. The second-order valence-corrected chi connectivity index (χ2v) is 4.07. The molecule has 94 valence electrons. The molecule has 1 nitrogen and oxygen atoms in total. The van der Waals surface area contributed by atoms with E-state index in [9.17, 15) is 13.2 Å². The van der Waals surface area contributed by atoms with Crippen LogP contribution in [0.1, 0.15) is 11.1 Å². The van der Waals surface area contributed by atoms with Crippen molar-refractivity contribution in [2.45, 2.75) is 13.5 Å². The molecule has 0 amide bonds. The van der Waals surface area contributed by atoms with Crippen molar-refractivity contribution >= 4 is 5.69 Å². The number of halogens is 3. The molecular formula is C14H12F3N. The lowest BCUT2D eigenvalue weighted by molar-refractivity contribution is 0.580. The lowest BCUT2D eigenvalue weighted by Crippen LogP contribution is -2.03. The predicted molar refractivity (Wildman–Crippen MR) is 64.8 cm³/mol. The molecule has 0 radical (unpaired) electrons. The smallest absolute Gasteiger partial charge is 0.149 e. The molecular weight excluding hydrogens is 239 g/mol. The van der Waals surface area contributed by atoms with Crippen LogP contribution in [0.4, 0.5) is 18.9 Å². The maximum atomic E-state index is 13.7. The zero-order valence-corrected chi connectivity index (χ0v) is 9.81. The van der Waals surface area contributed by atoms with Gasteiger partial charge in [0, 0.05) is 12.6 Å². The summed E-state index contributed by atoms with van der Waals surface area (Å²) in [7, 11) is 0. The Morgan fingerprint density at radius 2 is 1.67 bits per heavy atom. The van der Waals surface area contributed by atoms with Crippen molar-refractivity contribution in [2.24, 2.45) is 0 Å². The van der Waals surface area contributed by atoms with Crippen LogP contribution in [0, 0.1) is 24.4 Å². The molecule has 0 bridgehead atoms. The lowest BCUT2D eigenvalue weighted by atomic mass is 10.2. The third kappa shape index (κ3) is 2.83. The first-order valence-electron chi connectivity index (χ1n) is 5.50. The predicted octanol–water partition coefficient (Wildman–Crippen LogP) is 4.02. The number of hydrogen-bond donors (Lipinski definition) is 1. The van der Waals surface area contributed by atoms with Gasteiger partial charge in [0.25, 0.3) is 0 Å². The summed E-state index contributed by atoms with van der Waals surface area (Å²) in [6.07, 6.45) is 0. The first kappa shape index (κ1) is 12.5. The highest BCUT2D eigenvalue weighted by Crippen LogP contribution is 2.18. The van der Waals surface area contributed by atoms with Gasteiger partial charge in [-0.25, -0.2) is 13.2 Å². The Labute approximate surface area is 103 Å². The molecule has 0 aliphatic rings. The summed E-state index contributed by atoms with van der Waals surface area (Å²) in [5, 5.41) is 2.82. The fourth-order valence-corrected chi connectivity index (χ4v) is 1.69. The van der Waals surface area contributed by atoms with Crippen LogP contribution in [0.5, 0.6) is 0 Å². The van der Waals surface area contributed by atoms with Gasteiger partial charge in [-0.3, -0.25) is 0 Å². The third-order valence-corrected chi connectivity index (χ3v) is 2.60. The summed E-state index contributed by atoms with van der Waals surface area (Å²) in [6, 6.07) is 8.18. The molecule has 4 heteroatoms. The molecule has 0 aromatic heterocycles. The van der Waals surface area contributed by atoms with E-state index in [2.05, 4.69) is 5.32 Å². The van der Waals surface area contributed by atoms with E-state index in [-0.39, 0.29) is 12.4 Å². The van der Waals surface area contributed by atoms with E-state index in [0.717, 1.165) is 6.07 Å². The van der Waals surface area contributed by atoms with Crippen LogP contribution >= 0.6 is 0 Å². The number of benzene rings is 2. The van der Waals surface area contributed by atoms with Gasteiger partial charge in [-0.15, -0.1) is 0 Å². The summed E-state index contributed by atoms with van der Waals surface area (Å²) in [4.78, 5) is 0. The zero-order chi connectivity index (χ0) is 13.1. The molecule has 0 atom stereocenters. The molecule has 1 N–H and O–H groups in total. The SMILES string of the molecule is Cc1cccc(NCc2cc(F)cc(F)c2)c1F. The van der Waals surface area contributed by atoms with Gasteiger partial charge in [-0.2, -0.15) is 0 Å². The highest BCUT2D eigenvalue weighted by atomic mass is 19.1. The van der Waals surface area contributed by atoms with Crippen molar-refractivity contribution in [3.8, 4) is 0 Å². The maximum absolute atomic E-state index is 13.7. The van der Waals surface area contributed by atoms with Crippen LogP contribution < -0.4 is 5.32 Å². The van der Waals surface area contributed by atoms with Gasteiger partial charge in [0.1, 0.15) is 17.5 Å². The third-order valence-electron chi connectivity index (χ3n) is 2.60. The van der Waals surface area contributed by atoms with Crippen LogP contribution in [-0.4, -0.2) is 0 Å². The minimum absolute atomic E-state index is 0.162. The van der Waals surface area contributed by atoms with Crippen molar-refractivity contribution in [3.63, 3.8) is 0 Å². The Morgan fingerprint density at radius 3 is 2.33 bits per heavy atom. The Kier molecular flexibility index (Phi) is 3.55. The van der Waals surface area contributed by atoms with E-state index in [0.29, 0.717) is 16.8 Å². The van der Waals surface area contributed by atoms with Crippen molar-refractivity contribution in [1.82, 2.24) is 0 Å². The summed E-state index contributed by atoms with van der Waals surface area (Å²) < 4.78 is 39.6. The lowest BCUT2D eigenvalue weighted by Gasteiger charge is -2.09. The van der Waals surface area contributed by atoms with Crippen molar-refractivity contribution in [2.75, 3.05) is 5.32 Å². The molecule has 0 aliphatic carbocycles. The van der Waals surface area contributed by atoms with Crippen molar-refractivity contribution in [3.05, 3.63) is 65.0 Å². The second-order valence-electron chi connectivity index (χ2n) is 4.07. The van der Waals surface area contributed by atoms with Crippen LogP contribution in [0.15, 0.2) is 36.4 Å². The number of anilines is 1. The quantitative estimate of drug-likeness (QED) is 0.868. The van der Waals surface area contributed by atoms with E-state index >= 15 is 0 Å². The molecule has 2 aromatic carbocycles. The number of aryl methyl sites for hydroxylation is 1. The first-order chi connectivity index (χ1) is 8.56. The monoisotopic (exact) mass is 251 g/mol. The number of hydrogen-bond acceptors (Lipinski definition) is 1. The van der Waals surface area contributed by atoms with E-state index < -0.39 is 11.6 Å². The zero-order valence-electron chi connectivity index (χ0n) is 9.81. The van der Waals surface area contributed by atoms with Crippen molar-refractivity contribution < 1.29 is 13.2 Å². The van der Waals surface area contributed by atoms with Crippen LogP contribution in [0.2, 0.25) is 0 Å². The summed E-state index contributed by atoms with van der Waals surface area (Å²) >= 11 is 0. The molecule has 0 aliphatic heterocycles. The molecule has 2 rings (SSSR count). The Morgan fingerprint density at radius 1 is 1.00 bits per heavy atom. The highest BCUT2D eigenvalue weighted by molar-refractivity contribution is 5.47. The fourth-order valence-electron chi connectivity index (χ4n) is 1.69. The average Bonchev–Trinajstić information content (AvgIpc) is 2.30. The highest BCUT2D eigenvalue weighted by Gasteiger charge is 2.05. The van der Waals surface area contributed by atoms with Gasteiger partial charge in [0.15, 0.2) is 0 Å². The second kappa shape index (κ2) is 5.12.